The van der Waals surface area contributed by atoms with Crippen LogP contribution in [0.4, 0.5) is 15.8 Å². The van der Waals surface area contributed by atoms with Gasteiger partial charge in [-0.25, -0.2) is 4.39 Å². The summed E-state index contributed by atoms with van der Waals surface area (Å²) in [6, 6.07) is 2.83. The van der Waals surface area contributed by atoms with Crippen molar-refractivity contribution in [1.82, 2.24) is 0 Å². The molecule has 3 N–H and O–H groups in total. The number of nitrogens with one attached hydrogen (secondary N) is 1. The highest BCUT2D eigenvalue weighted by Crippen LogP contribution is 2.26. The van der Waals surface area contributed by atoms with E-state index in [1.807, 2.05) is 0 Å². The van der Waals surface area contributed by atoms with Gasteiger partial charge in [-0.05, 0) is 35.3 Å². The minimum Gasteiger partial charge on any atom is -0.466 e. The molecule has 0 heterocycles. The summed E-state index contributed by atoms with van der Waals surface area (Å²) in [5, 5.41) is 3.05. The second-order valence-corrected chi connectivity index (χ2v) is 4.54. The number of esters is 1. The van der Waals surface area contributed by atoms with Gasteiger partial charge in [0.25, 0.3) is 0 Å². The van der Waals surface area contributed by atoms with Crippen molar-refractivity contribution in [2.45, 2.75) is 19.8 Å². The summed E-state index contributed by atoms with van der Waals surface area (Å²) in [6.07, 6.45) is 0.983. The Morgan fingerprint density at radius 2 is 2.28 bits per heavy atom. The van der Waals surface area contributed by atoms with E-state index in [1.54, 1.807) is 13.0 Å². The van der Waals surface area contributed by atoms with Crippen molar-refractivity contribution in [3.05, 3.63) is 22.4 Å². The Morgan fingerprint density at radius 1 is 1.56 bits per heavy atom. The lowest BCUT2D eigenvalue weighted by Gasteiger charge is -2.10. The molecule has 0 unspecified atom stereocenters. The van der Waals surface area contributed by atoms with Gasteiger partial charge in [0, 0.05) is 19.0 Å². The van der Waals surface area contributed by atoms with Crippen molar-refractivity contribution >= 4 is 33.3 Å². The highest BCUT2D eigenvalue weighted by molar-refractivity contribution is 9.10. The van der Waals surface area contributed by atoms with Crippen LogP contribution in [0, 0.1) is 5.82 Å². The lowest BCUT2D eigenvalue weighted by atomic mass is 10.2. The van der Waals surface area contributed by atoms with Gasteiger partial charge in [-0.15, -0.1) is 0 Å². The van der Waals surface area contributed by atoms with E-state index in [0.29, 0.717) is 41.8 Å². The lowest BCUT2D eigenvalue weighted by molar-refractivity contribution is -0.143. The molecule has 0 spiro atoms. The Balaban J connectivity index is 2.40. The second kappa shape index (κ2) is 7.20. The molecule has 0 aliphatic rings. The quantitative estimate of drug-likeness (QED) is 0.481. The fourth-order valence-corrected chi connectivity index (χ4v) is 1.75. The molecule has 0 saturated heterocycles. The van der Waals surface area contributed by atoms with Gasteiger partial charge in [-0.2, -0.15) is 0 Å². The topological polar surface area (TPSA) is 64.3 Å². The van der Waals surface area contributed by atoms with Crippen LogP contribution in [0.15, 0.2) is 16.6 Å². The van der Waals surface area contributed by atoms with Crippen LogP contribution in [-0.2, 0) is 9.53 Å². The van der Waals surface area contributed by atoms with Crippen LogP contribution < -0.4 is 11.1 Å². The first-order valence-corrected chi connectivity index (χ1v) is 6.48. The Bertz CT molecular complexity index is 427. The average Bonchev–Trinajstić information content (AvgIpc) is 2.31. The second-order valence-electron chi connectivity index (χ2n) is 3.69. The van der Waals surface area contributed by atoms with Gasteiger partial charge in [0.05, 0.1) is 22.5 Å². The van der Waals surface area contributed by atoms with Gasteiger partial charge in [0.1, 0.15) is 5.82 Å². The lowest BCUT2D eigenvalue weighted by Crippen LogP contribution is -2.09. The normalized spacial score (nSPS) is 10.2. The average molecular weight is 319 g/mol. The molecule has 1 rings (SSSR count). The van der Waals surface area contributed by atoms with Gasteiger partial charge < -0.3 is 15.8 Å². The Labute approximate surface area is 114 Å². The van der Waals surface area contributed by atoms with E-state index >= 15 is 0 Å². The minimum atomic E-state index is -0.399. The molecule has 0 amide bonds. The van der Waals surface area contributed by atoms with Crippen LogP contribution in [0.1, 0.15) is 19.8 Å². The Morgan fingerprint density at radius 3 is 2.94 bits per heavy atom. The summed E-state index contributed by atoms with van der Waals surface area (Å²) >= 11 is 3.09. The van der Waals surface area contributed by atoms with Crippen LogP contribution in [0.5, 0.6) is 0 Å². The zero-order valence-electron chi connectivity index (χ0n) is 10.1. The van der Waals surface area contributed by atoms with Crippen molar-refractivity contribution in [3.8, 4) is 0 Å². The molecule has 0 aliphatic carbocycles. The SMILES string of the molecule is CCOC(=O)CCCNc1cc(Br)c(F)cc1N. The number of nitrogen functional groups attached to an aromatic ring is 1. The molecular weight excluding hydrogens is 303 g/mol. The van der Waals surface area contributed by atoms with Crippen molar-refractivity contribution in [1.29, 1.82) is 0 Å². The van der Waals surface area contributed by atoms with Crippen molar-refractivity contribution in [3.63, 3.8) is 0 Å². The third-order valence-electron chi connectivity index (χ3n) is 2.27. The fraction of sp³-hybridized carbons (Fsp3) is 0.417. The summed E-state index contributed by atoms with van der Waals surface area (Å²) < 4.78 is 18.3. The highest BCUT2D eigenvalue weighted by Gasteiger charge is 2.06. The van der Waals surface area contributed by atoms with Gasteiger partial charge in [0.2, 0.25) is 0 Å². The summed E-state index contributed by atoms with van der Waals surface area (Å²) in [7, 11) is 0. The summed E-state index contributed by atoms with van der Waals surface area (Å²) in [6.45, 7) is 2.73. The molecule has 1 aromatic rings. The molecule has 18 heavy (non-hydrogen) atoms. The van der Waals surface area contributed by atoms with Crippen LogP contribution in [-0.4, -0.2) is 19.1 Å². The molecule has 0 aromatic heterocycles. The Hall–Kier alpha value is -1.30. The third kappa shape index (κ3) is 4.52. The zero-order chi connectivity index (χ0) is 13.5. The number of nitrogens with two attached hydrogens (primary N) is 1. The summed E-state index contributed by atoms with van der Waals surface area (Å²) in [5.41, 5.74) is 6.65. The monoisotopic (exact) mass is 318 g/mol. The predicted molar refractivity (Wildman–Crippen MR) is 72.9 cm³/mol. The largest absolute Gasteiger partial charge is 0.466 e. The molecule has 0 saturated carbocycles. The molecule has 0 radical (unpaired) electrons. The van der Waals surface area contributed by atoms with Crippen LogP contribution in [0.2, 0.25) is 0 Å². The molecule has 0 bridgehead atoms. The molecule has 0 fully saturated rings. The summed E-state index contributed by atoms with van der Waals surface area (Å²) in [5.74, 6) is -0.614. The first kappa shape index (κ1) is 14.8. The molecular formula is C12H16BrFN2O2. The maximum absolute atomic E-state index is 13.1. The minimum absolute atomic E-state index is 0.215. The number of anilines is 2. The van der Waals surface area contributed by atoms with Crippen LogP contribution in [0.3, 0.4) is 0 Å². The number of rotatable bonds is 6. The number of carbonyl (C=O) groups is 1. The zero-order valence-corrected chi connectivity index (χ0v) is 11.7. The summed E-state index contributed by atoms with van der Waals surface area (Å²) in [4.78, 5) is 11.1. The van der Waals surface area contributed by atoms with E-state index in [0.717, 1.165) is 0 Å². The molecule has 4 nitrogen and oxygen atoms in total. The third-order valence-corrected chi connectivity index (χ3v) is 2.88. The van der Waals surface area contributed by atoms with E-state index in [-0.39, 0.29) is 5.97 Å². The molecule has 6 heteroatoms. The standard InChI is InChI=1S/C12H16BrFN2O2/c1-2-18-12(17)4-3-5-16-11-6-8(13)9(14)7-10(11)15/h6-7,16H,2-5,15H2,1H3. The number of carbonyl (C=O) groups excluding carboxylic acids is 1. The highest BCUT2D eigenvalue weighted by atomic mass is 79.9. The first-order valence-electron chi connectivity index (χ1n) is 5.68. The maximum Gasteiger partial charge on any atom is 0.305 e. The number of ether oxygens (including phenoxy) is 1. The van der Waals surface area contributed by atoms with E-state index < -0.39 is 5.82 Å². The van der Waals surface area contributed by atoms with Gasteiger partial charge in [0.15, 0.2) is 0 Å². The molecule has 100 valence electrons. The number of halogens is 2. The maximum atomic E-state index is 13.1. The van der Waals surface area contributed by atoms with Gasteiger partial charge >= 0.3 is 5.97 Å². The van der Waals surface area contributed by atoms with E-state index in [2.05, 4.69) is 21.2 Å². The van der Waals surface area contributed by atoms with Crippen molar-refractivity contribution < 1.29 is 13.9 Å². The smallest absolute Gasteiger partial charge is 0.305 e. The molecule has 0 aliphatic heterocycles. The van der Waals surface area contributed by atoms with Crippen LogP contribution in [0.25, 0.3) is 0 Å². The van der Waals surface area contributed by atoms with Crippen LogP contribution >= 0.6 is 15.9 Å². The number of hydrogen-bond donors (Lipinski definition) is 2. The van der Waals surface area contributed by atoms with Crippen molar-refractivity contribution in [2.75, 3.05) is 24.2 Å². The Kier molecular flexibility index (Phi) is 5.91. The van der Waals surface area contributed by atoms with E-state index in [1.165, 1.54) is 6.07 Å². The van der Waals surface area contributed by atoms with Crippen molar-refractivity contribution in [2.24, 2.45) is 0 Å². The fourth-order valence-electron chi connectivity index (χ4n) is 1.40. The number of hydrogen-bond acceptors (Lipinski definition) is 4. The predicted octanol–water partition coefficient (Wildman–Crippen LogP) is 2.93. The van der Waals surface area contributed by atoms with Gasteiger partial charge in [-0.3, -0.25) is 4.79 Å². The molecule has 1 aromatic carbocycles. The van der Waals surface area contributed by atoms with Gasteiger partial charge in [-0.1, -0.05) is 0 Å². The number of benzene rings is 1. The molecule has 0 atom stereocenters. The van der Waals surface area contributed by atoms with E-state index in [9.17, 15) is 9.18 Å². The first-order chi connectivity index (χ1) is 8.54. The van der Waals surface area contributed by atoms with E-state index in [4.69, 9.17) is 10.5 Å².